The van der Waals surface area contributed by atoms with Gasteiger partial charge in [0.25, 0.3) is 0 Å². The maximum Gasteiger partial charge on any atom is 0.305 e. The minimum atomic E-state index is -0.881. The Bertz CT molecular complexity index is 293. The SMILES string of the molecule is CC(N)(CC(=O)O)c1ccccc1. The lowest BCUT2D eigenvalue weighted by molar-refractivity contribution is -0.138. The number of nitrogens with two attached hydrogens (primary N) is 1. The predicted octanol–water partition coefficient (Wildman–Crippen LogP) is 1.34. The summed E-state index contributed by atoms with van der Waals surface area (Å²) in [6, 6.07) is 9.25. The van der Waals surface area contributed by atoms with Gasteiger partial charge in [-0.1, -0.05) is 30.3 Å². The molecule has 0 aliphatic rings. The van der Waals surface area contributed by atoms with E-state index in [9.17, 15) is 4.79 Å². The normalized spacial score (nSPS) is 14.9. The van der Waals surface area contributed by atoms with Gasteiger partial charge in [0.1, 0.15) is 0 Å². The van der Waals surface area contributed by atoms with Crippen molar-refractivity contribution in [3.8, 4) is 0 Å². The van der Waals surface area contributed by atoms with E-state index >= 15 is 0 Å². The predicted molar refractivity (Wildman–Crippen MR) is 50.2 cm³/mol. The first-order valence-corrected chi connectivity index (χ1v) is 4.08. The third-order valence-electron chi connectivity index (χ3n) is 1.95. The number of aliphatic carboxylic acids is 1. The van der Waals surface area contributed by atoms with Crippen LogP contribution >= 0.6 is 0 Å². The molecule has 13 heavy (non-hydrogen) atoms. The summed E-state index contributed by atoms with van der Waals surface area (Å²) in [7, 11) is 0. The zero-order chi connectivity index (χ0) is 9.90. The zero-order valence-corrected chi connectivity index (χ0v) is 7.53. The topological polar surface area (TPSA) is 63.3 Å². The summed E-state index contributed by atoms with van der Waals surface area (Å²) in [4.78, 5) is 10.5. The van der Waals surface area contributed by atoms with Crippen molar-refractivity contribution in [2.45, 2.75) is 18.9 Å². The van der Waals surface area contributed by atoms with Gasteiger partial charge in [-0.2, -0.15) is 0 Å². The average molecular weight is 179 g/mol. The first kappa shape index (κ1) is 9.74. The van der Waals surface area contributed by atoms with Crippen LogP contribution in [-0.2, 0) is 10.3 Å². The minimum absolute atomic E-state index is 0.0585. The molecule has 0 aromatic heterocycles. The molecular weight excluding hydrogens is 166 g/mol. The van der Waals surface area contributed by atoms with Crippen molar-refractivity contribution in [1.82, 2.24) is 0 Å². The van der Waals surface area contributed by atoms with E-state index in [4.69, 9.17) is 10.8 Å². The molecule has 3 heteroatoms. The van der Waals surface area contributed by atoms with Crippen LogP contribution in [0.3, 0.4) is 0 Å². The second kappa shape index (κ2) is 3.58. The molecule has 70 valence electrons. The zero-order valence-electron chi connectivity index (χ0n) is 7.53. The molecule has 0 saturated carbocycles. The molecule has 0 bridgehead atoms. The van der Waals surface area contributed by atoms with E-state index in [2.05, 4.69) is 0 Å². The molecule has 1 unspecified atom stereocenters. The van der Waals surface area contributed by atoms with Gasteiger partial charge in [-0.15, -0.1) is 0 Å². The Balaban J connectivity index is 2.87. The lowest BCUT2D eigenvalue weighted by Gasteiger charge is -2.22. The third kappa shape index (κ3) is 2.56. The first-order valence-electron chi connectivity index (χ1n) is 4.08. The Labute approximate surface area is 77.2 Å². The van der Waals surface area contributed by atoms with Gasteiger partial charge in [-0.05, 0) is 12.5 Å². The number of carbonyl (C=O) groups is 1. The fourth-order valence-electron chi connectivity index (χ4n) is 1.24. The highest BCUT2D eigenvalue weighted by Crippen LogP contribution is 2.20. The fraction of sp³-hybridized carbons (Fsp3) is 0.300. The van der Waals surface area contributed by atoms with Gasteiger partial charge >= 0.3 is 5.97 Å². The number of carboxylic acids is 1. The molecule has 0 radical (unpaired) electrons. The van der Waals surface area contributed by atoms with E-state index in [0.29, 0.717) is 0 Å². The van der Waals surface area contributed by atoms with E-state index in [1.807, 2.05) is 30.3 Å². The van der Waals surface area contributed by atoms with E-state index in [-0.39, 0.29) is 6.42 Å². The van der Waals surface area contributed by atoms with E-state index in [0.717, 1.165) is 5.56 Å². The largest absolute Gasteiger partial charge is 0.481 e. The van der Waals surface area contributed by atoms with Crippen molar-refractivity contribution in [1.29, 1.82) is 0 Å². The highest BCUT2D eigenvalue weighted by atomic mass is 16.4. The number of benzene rings is 1. The van der Waals surface area contributed by atoms with E-state index in [1.165, 1.54) is 0 Å². The molecule has 0 amide bonds. The molecule has 1 atom stereocenters. The van der Waals surface area contributed by atoms with Gasteiger partial charge in [0.15, 0.2) is 0 Å². The Morgan fingerprint density at radius 2 is 2.00 bits per heavy atom. The summed E-state index contributed by atoms with van der Waals surface area (Å²) < 4.78 is 0. The summed E-state index contributed by atoms with van der Waals surface area (Å²) >= 11 is 0. The molecule has 0 aliphatic heterocycles. The van der Waals surface area contributed by atoms with Gasteiger partial charge < -0.3 is 10.8 Å². The minimum Gasteiger partial charge on any atom is -0.481 e. The standard InChI is InChI=1S/C10H13NO2/c1-10(11,7-9(12)13)8-5-3-2-4-6-8/h2-6H,7,11H2,1H3,(H,12,13). The van der Waals surface area contributed by atoms with Crippen molar-refractivity contribution in [3.63, 3.8) is 0 Å². The van der Waals surface area contributed by atoms with Crippen LogP contribution in [0.15, 0.2) is 30.3 Å². The smallest absolute Gasteiger partial charge is 0.305 e. The Morgan fingerprint density at radius 1 is 1.46 bits per heavy atom. The Kier molecular flexibility index (Phi) is 2.68. The van der Waals surface area contributed by atoms with Crippen LogP contribution in [0.4, 0.5) is 0 Å². The molecular formula is C10H13NO2. The first-order chi connectivity index (χ1) is 6.02. The summed E-state index contributed by atoms with van der Waals surface area (Å²) in [5, 5.41) is 8.63. The number of carboxylic acid groups (broad SMARTS) is 1. The van der Waals surface area contributed by atoms with Crippen LogP contribution in [0.2, 0.25) is 0 Å². The molecule has 0 saturated heterocycles. The molecule has 0 aliphatic carbocycles. The van der Waals surface area contributed by atoms with E-state index < -0.39 is 11.5 Å². The van der Waals surface area contributed by atoms with Gasteiger partial charge in [0.05, 0.1) is 6.42 Å². The van der Waals surface area contributed by atoms with Crippen LogP contribution in [0, 0.1) is 0 Å². The van der Waals surface area contributed by atoms with Crippen LogP contribution in [0.25, 0.3) is 0 Å². The van der Waals surface area contributed by atoms with Crippen molar-refractivity contribution in [2.24, 2.45) is 5.73 Å². The van der Waals surface area contributed by atoms with Crippen molar-refractivity contribution < 1.29 is 9.90 Å². The second-order valence-corrected chi connectivity index (χ2v) is 3.35. The maximum atomic E-state index is 10.5. The van der Waals surface area contributed by atoms with Crippen molar-refractivity contribution in [2.75, 3.05) is 0 Å². The summed E-state index contributed by atoms with van der Waals surface area (Å²) in [5.41, 5.74) is 5.92. The molecule has 1 rings (SSSR count). The van der Waals surface area contributed by atoms with Gasteiger partial charge in [0, 0.05) is 5.54 Å². The van der Waals surface area contributed by atoms with Crippen molar-refractivity contribution >= 4 is 5.97 Å². The quantitative estimate of drug-likeness (QED) is 0.735. The number of rotatable bonds is 3. The lowest BCUT2D eigenvalue weighted by atomic mass is 9.90. The maximum absolute atomic E-state index is 10.5. The van der Waals surface area contributed by atoms with Gasteiger partial charge in [-0.25, -0.2) is 0 Å². The average Bonchev–Trinajstić information content (AvgIpc) is 2.04. The summed E-state index contributed by atoms with van der Waals surface area (Å²) in [6.45, 7) is 1.72. The van der Waals surface area contributed by atoms with Crippen LogP contribution in [-0.4, -0.2) is 11.1 Å². The van der Waals surface area contributed by atoms with Gasteiger partial charge in [0.2, 0.25) is 0 Å². The monoisotopic (exact) mass is 179 g/mol. The number of hydrogen-bond donors (Lipinski definition) is 2. The second-order valence-electron chi connectivity index (χ2n) is 3.35. The lowest BCUT2D eigenvalue weighted by Crippen LogP contribution is -2.35. The Hall–Kier alpha value is -1.35. The highest BCUT2D eigenvalue weighted by molar-refractivity contribution is 5.68. The summed E-state index contributed by atoms with van der Waals surface area (Å²) in [6.07, 6.45) is -0.0585. The summed E-state index contributed by atoms with van der Waals surface area (Å²) in [5.74, 6) is -0.881. The molecule has 3 N–H and O–H groups in total. The fourth-order valence-corrected chi connectivity index (χ4v) is 1.24. The van der Waals surface area contributed by atoms with Crippen LogP contribution in [0.1, 0.15) is 18.9 Å². The molecule has 0 fully saturated rings. The third-order valence-corrected chi connectivity index (χ3v) is 1.95. The van der Waals surface area contributed by atoms with Crippen molar-refractivity contribution in [3.05, 3.63) is 35.9 Å². The number of hydrogen-bond acceptors (Lipinski definition) is 2. The Morgan fingerprint density at radius 3 is 2.46 bits per heavy atom. The molecule has 0 spiro atoms. The molecule has 1 aromatic rings. The van der Waals surface area contributed by atoms with Gasteiger partial charge in [-0.3, -0.25) is 4.79 Å². The molecule has 0 heterocycles. The van der Waals surface area contributed by atoms with Crippen LogP contribution < -0.4 is 5.73 Å². The van der Waals surface area contributed by atoms with Crippen LogP contribution in [0.5, 0.6) is 0 Å². The van der Waals surface area contributed by atoms with E-state index in [1.54, 1.807) is 6.92 Å². The highest BCUT2D eigenvalue weighted by Gasteiger charge is 2.23. The molecule has 3 nitrogen and oxygen atoms in total. The molecule has 1 aromatic carbocycles.